The van der Waals surface area contributed by atoms with Crippen molar-refractivity contribution in [2.45, 2.75) is 44.6 Å². The SMILES string of the molecule is CCC1CC2CC3c4[nH]c5ccc(OC)c(Cl)c5c4CCN(C2)C13. The maximum atomic E-state index is 6.69. The summed E-state index contributed by atoms with van der Waals surface area (Å²) in [6, 6.07) is 4.83. The maximum Gasteiger partial charge on any atom is 0.138 e. The van der Waals surface area contributed by atoms with Crippen LogP contribution in [0.3, 0.4) is 0 Å². The van der Waals surface area contributed by atoms with E-state index in [1.54, 1.807) is 7.11 Å². The monoisotopic (exact) mass is 344 g/mol. The Morgan fingerprint density at radius 3 is 3.00 bits per heavy atom. The number of piperidine rings is 2. The lowest BCUT2D eigenvalue weighted by molar-refractivity contribution is -0.0134. The first-order valence-corrected chi connectivity index (χ1v) is 9.70. The van der Waals surface area contributed by atoms with Crippen molar-refractivity contribution < 1.29 is 4.74 Å². The van der Waals surface area contributed by atoms with E-state index in [0.29, 0.717) is 5.92 Å². The minimum absolute atomic E-state index is 0.648. The fourth-order valence-corrected chi connectivity index (χ4v) is 6.24. The highest BCUT2D eigenvalue weighted by Gasteiger charge is 2.48. The zero-order valence-corrected chi connectivity index (χ0v) is 15.2. The zero-order valence-electron chi connectivity index (χ0n) is 14.4. The predicted molar refractivity (Wildman–Crippen MR) is 98.2 cm³/mol. The van der Waals surface area contributed by atoms with Gasteiger partial charge in [0.05, 0.1) is 12.1 Å². The number of halogens is 1. The number of ether oxygens (including phenoxy) is 1. The van der Waals surface area contributed by atoms with Crippen molar-refractivity contribution in [3.63, 3.8) is 0 Å². The highest BCUT2D eigenvalue weighted by molar-refractivity contribution is 6.37. The Labute approximate surface area is 148 Å². The molecule has 5 atom stereocenters. The number of aromatic amines is 1. The molecule has 1 saturated carbocycles. The molecule has 0 spiro atoms. The summed E-state index contributed by atoms with van der Waals surface area (Å²) in [5.74, 6) is 3.15. The van der Waals surface area contributed by atoms with E-state index in [2.05, 4.69) is 22.9 Å². The fourth-order valence-electron chi connectivity index (χ4n) is 5.88. The van der Waals surface area contributed by atoms with Gasteiger partial charge in [0, 0.05) is 41.6 Å². The van der Waals surface area contributed by atoms with Gasteiger partial charge in [-0.1, -0.05) is 24.9 Å². The molecule has 3 aliphatic heterocycles. The van der Waals surface area contributed by atoms with Gasteiger partial charge in [0.2, 0.25) is 0 Å². The first-order chi connectivity index (χ1) is 11.7. The van der Waals surface area contributed by atoms with Crippen molar-refractivity contribution in [2.24, 2.45) is 11.8 Å². The molecule has 5 unspecified atom stereocenters. The Bertz CT molecular complexity index is 799. The fraction of sp³-hybridized carbons (Fsp3) is 0.600. The minimum Gasteiger partial charge on any atom is -0.495 e. The Morgan fingerprint density at radius 2 is 2.21 bits per heavy atom. The van der Waals surface area contributed by atoms with Crippen LogP contribution in [-0.4, -0.2) is 36.1 Å². The number of H-pyrrole nitrogens is 1. The molecule has 2 saturated heterocycles. The normalized spacial score (nSPS) is 34.2. The number of rotatable bonds is 2. The van der Waals surface area contributed by atoms with Gasteiger partial charge in [0.15, 0.2) is 0 Å². The van der Waals surface area contributed by atoms with Crippen molar-refractivity contribution >= 4 is 22.5 Å². The van der Waals surface area contributed by atoms with Crippen LogP contribution in [0.4, 0.5) is 0 Å². The average Bonchev–Trinajstić information content (AvgIpc) is 2.94. The maximum absolute atomic E-state index is 6.69. The van der Waals surface area contributed by atoms with E-state index in [9.17, 15) is 0 Å². The summed E-state index contributed by atoms with van der Waals surface area (Å²) in [7, 11) is 1.70. The third kappa shape index (κ3) is 1.94. The molecule has 0 radical (unpaired) electrons. The molecule has 2 aromatic rings. The number of fused-ring (bicyclic) bond motifs is 4. The number of hydrogen-bond acceptors (Lipinski definition) is 2. The van der Waals surface area contributed by atoms with Crippen LogP contribution in [0.15, 0.2) is 12.1 Å². The molecular formula is C20H25ClN2O. The molecule has 1 aliphatic carbocycles. The molecule has 3 nitrogen and oxygen atoms in total. The summed E-state index contributed by atoms with van der Waals surface area (Å²) < 4.78 is 5.46. The van der Waals surface area contributed by atoms with Crippen LogP contribution in [0.25, 0.3) is 10.9 Å². The Kier molecular flexibility index (Phi) is 3.40. The lowest BCUT2D eigenvalue weighted by Crippen LogP contribution is -2.56. The molecule has 128 valence electrons. The van der Waals surface area contributed by atoms with Gasteiger partial charge in [-0.3, -0.25) is 4.90 Å². The molecule has 0 amide bonds. The summed E-state index contributed by atoms with van der Waals surface area (Å²) in [5, 5.41) is 1.97. The molecule has 1 aromatic heterocycles. The van der Waals surface area contributed by atoms with Gasteiger partial charge in [0.1, 0.15) is 5.75 Å². The smallest absolute Gasteiger partial charge is 0.138 e. The summed E-state index contributed by atoms with van der Waals surface area (Å²) in [5.41, 5.74) is 4.09. The van der Waals surface area contributed by atoms with Crippen molar-refractivity contribution in [1.82, 2.24) is 9.88 Å². The predicted octanol–water partition coefficient (Wildman–Crippen LogP) is 4.59. The summed E-state index contributed by atoms with van der Waals surface area (Å²) in [6.07, 6.45) is 5.17. The van der Waals surface area contributed by atoms with E-state index in [4.69, 9.17) is 16.3 Å². The van der Waals surface area contributed by atoms with Crippen LogP contribution in [0.1, 0.15) is 43.4 Å². The van der Waals surface area contributed by atoms with E-state index < -0.39 is 0 Å². The van der Waals surface area contributed by atoms with E-state index >= 15 is 0 Å². The van der Waals surface area contributed by atoms with Crippen LogP contribution >= 0.6 is 11.6 Å². The third-order valence-electron chi connectivity index (χ3n) is 6.80. The minimum atomic E-state index is 0.648. The topological polar surface area (TPSA) is 28.3 Å². The van der Waals surface area contributed by atoms with Gasteiger partial charge in [-0.2, -0.15) is 0 Å². The lowest BCUT2D eigenvalue weighted by Gasteiger charge is -2.53. The molecule has 3 fully saturated rings. The van der Waals surface area contributed by atoms with E-state index in [0.717, 1.165) is 35.1 Å². The largest absolute Gasteiger partial charge is 0.495 e. The highest BCUT2D eigenvalue weighted by Crippen LogP contribution is 2.51. The number of hydrogen-bond donors (Lipinski definition) is 1. The van der Waals surface area contributed by atoms with Crippen molar-refractivity contribution in [1.29, 1.82) is 0 Å². The first kappa shape index (κ1) is 15.1. The quantitative estimate of drug-likeness (QED) is 0.863. The van der Waals surface area contributed by atoms with Crippen LogP contribution < -0.4 is 4.74 Å². The van der Waals surface area contributed by atoms with Gasteiger partial charge in [0.25, 0.3) is 0 Å². The second-order valence-corrected chi connectivity index (χ2v) is 8.25. The van der Waals surface area contributed by atoms with Crippen LogP contribution in [0.5, 0.6) is 5.75 Å². The van der Waals surface area contributed by atoms with Crippen LogP contribution in [0, 0.1) is 11.8 Å². The second-order valence-electron chi connectivity index (χ2n) is 7.87. The lowest BCUT2D eigenvalue weighted by atomic mass is 9.65. The number of benzene rings is 1. The highest BCUT2D eigenvalue weighted by atomic mass is 35.5. The zero-order chi connectivity index (χ0) is 16.4. The molecule has 1 N–H and O–H groups in total. The van der Waals surface area contributed by atoms with Gasteiger partial charge in [-0.05, 0) is 48.8 Å². The standard InChI is InChI=1S/C20H25ClN2O/c1-3-12-8-11-9-14-19-13(6-7-23(10-11)20(12)14)17-15(22-19)4-5-16(24-2)18(17)21/h4-5,11-12,14,20,22H,3,6-10H2,1-2H3. The van der Waals surface area contributed by atoms with Crippen molar-refractivity contribution in [3.8, 4) is 5.75 Å². The number of nitrogens with zero attached hydrogens (tertiary/aromatic N) is 1. The second kappa shape index (κ2) is 5.40. The Balaban J connectivity index is 1.70. The number of aromatic nitrogens is 1. The van der Waals surface area contributed by atoms with E-state index in [-0.39, 0.29) is 0 Å². The Morgan fingerprint density at radius 1 is 1.33 bits per heavy atom. The molecule has 24 heavy (non-hydrogen) atoms. The van der Waals surface area contributed by atoms with Gasteiger partial charge in [-0.25, -0.2) is 0 Å². The van der Waals surface area contributed by atoms with Crippen molar-refractivity contribution in [2.75, 3.05) is 20.2 Å². The van der Waals surface area contributed by atoms with Gasteiger partial charge >= 0.3 is 0 Å². The summed E-state index contributed by atoms with van der Waals surface area (Å²) >= 11 is 6.69. The molecule has 4 heterocycles. The van der Waals surface area contributed by atoms with Crippen molar-refractivity contribution in [3.05, 3.63) is 28.4 Å². The van der Waals surface area contributed by atoms with Gasteiger partial charge in [-0.15, -0.1) is 0 Å². The first-order valence-electron chi connectivity index (χ1n) is 9.32. The molecule has 4 aliphatic rings. The molecule has 4 bridgehead atoms. The summed E-state index contributed by atoms with van der Waals surface area (Å²) in [6.45, 7) is 4.84. The average molecular weight is 345 g/mol. The van der Waals surface area contributed by atoms with Gasteiger partial charge < -0.3 is 9.72 Å². The molecular weight excluding hydrogens is 320 g/mol. The Hall–Kier alpha value is -1.19. The third-order valence-corrected chi connectivity index (χ3v) is 7.18. The molecule has 6 rings (SSSR count). The van der Waals surface area contributed by atoms with E-state index in [1.807, 2.05) is 6.07 Å². The summed E-state index contributed by atoms with van der Waals surface area (Å²) in [4.78, 5) is 6.55. The molecule has 1 aromatic carbocycles. The number of methoxy groups -OCH3 is 1. The van der Waals surface area contributed by atoms with Crippen LogP contribution in [-0.2, 0) is 6.42 Å². The van der Waals surface area contributed by atoms with Crippen LogP contribution in [0.2, 0.25) is 5.02 Å². The van der Waals surface area contributed by atoms with E-state index in [1.165, 1.54) is 54.5 Å². The molecule has 4 heteroatoms. The number of nitrogens with one attached hydrogen (secondary N) is 1.